The van der Waals surface area contributed by atoms with E-state index in [2.05, 4.69) is 41.5 Å². The van der Waals surface area contributed by atoms with E-state index >= 15 is 0 Å². The fourth-order valence-electron chi connectivity index (χ4n) is 5.12. The standard InChI is InChI=1S/C27H55N5/c1-4-5-6-13-23-32(24-15-21-28-20-14-22-31(2)3)27(29-25-16-9-7-10-17-25)30-26-18-11-8-12-19-26/h25-26,28H,4-24H2,1-3H3,(H,29,30). The fraction of sp³-hybridized carbons (Fsp3) is 0.963. The van der Waals surface area contributed by atoms with Crippen LogP contribution in [-0.2, 0) is 0 Å². The first kappa shape index (κ1) is 27.4. The van der Waals surface area contributed by atoms with Crippen molar-refractivity contribution in [2.75, 3.05) is 46.8 Å². The fourth-order valence-corrected chi connectivity index (χ4v) is 5.12. The lowest BCUT2D eigenvalue weighted by molar-refractivity contribution is 0.342. The molecule has 188 valence electrons. The van der Waals surface area contributed by atoms with Gasteiger partial charge in [-0.25, -0.2) is 4.99 Å². The Morgan fingerprint density at radius 3 is 2.03 bits per heavy atom. The third-order valence-electron chi connectivity index (χ3n) is 7.14. The molecule has 0 aliphatic heterocycles. The number of nitrogens with one attached hydrogen (secondary N) is 2. The maximum absolute atomic E-state index is 5.38. The number of hydrogen-bond donors (Lipinski definition) is 2. The first-order valence-electron chi connectivity index (χ1n) is 14.1. The van der Waals surface area contributed by atoms with Crippen molar-refractivity contribution in [1.29, 1.82) is 0 Å². The molecule has 0 spiro atoms. The maximum atomic E-state index is 5.38. The lowest BCUT2D eigenvalue weighted by Crippen LogP contribution is -2.48. The Bertz CT molecular complexity index is 467. The molecule has 2 aliphatic carbocycles. The number of aliphatic imine (C=N–C) groups is 1. The van der Waals surface area contributed by atoms with Crippen LogP contribution in [0, 0.1) is 0 Å². The van der Waals surface area contributed by atoms with Crippen molar-refractivity contribution in [3.63, 3.8) is 0 Å². The Kier molecular flexibility index (Phi) is 15.1. The summed E-state index contributed by atoms with van der Waals surface area (Å²) in [6, 6.07) is 1.17. The van der Waals surface area contributed by atoms with Crippen molar-refractivity contribution in [2.45, 2.75) is 122 Å². The lowest BCUT2D eigenvalue weighted by atomic mass is 9.95. The van der Waals surface area contributed by atoms with E-state index in [1.807, 2.05) is 0 Å². The largest absolute Gasteiger partial charge is 0.353 e. The molecule has 5 nitrogen and oxygen atoms in total. The number of hydrogen-bond acceptors (Lipinski definition) is 3. The molecule has 0 unspecified atom stereocenters. The molecule has 0 aromatic carbocycles. The Labute approximate surface area is 200 Å². The Morgan fingerprint density at radius 2 is 1.38 bits per heavy atom. The third-order valence-corrected chi connectivity index (χ3v) is 7.14. The summed E-state index contributed by atoms with van der Waals surface area (Å²) in [6.45, 7) is 7.99. The van der Waals surface area contributed by atoms with Crippen LogP contribution < -0.4 is 10.6 Å². The van der Waals surface area contributed by atoms with Crippen LogP contribution in [0.1, 0.15) is 110 Å². The second-order valence-corrected chi connectivity index (χ2v) is 10.5. The summed E-state index contributed by atoms with van der Waals surface area (Å²) >= 11 is 0. The molecule has 2 fully saturated rings. The molecule has 2 saturated carbocycles. The zero-order valence-corrected chi connectivity index (χ0v) is 21.8. The average molecular weight is 450 g/mol. The molecule has 0 saturated heterocycles. The number of guanidine groups is 1. The quantitative estimate of drug-likeness (QED) is 0.199. The van der Waals surface area contributed by atoms with Crippen LogP contribution >= 0.6 is 0 Å². The van der Waals surface area contributed by atoms with Gasteiger partial charge in [0.1, 0.15) is 0 Å². The van der Waals surface area contributed by atoms with E-state index < -0.39 is 0 Å². The van der Waals surface area contributed by atoms with Gasteiger partial charge in [-0.15, -0.1) is 0 Å². The van der Waals surface area contributed by atoms with Crippen molar-refractivity contribution in [1.82, 2.24) is 20.4 Å². The van der Waals surface area contributed by atoms with E-state index in [-0.39, 0.29) is 0 Å². The van der Waals surface area contributed by atoms with Gasteiger partial charge in [0.25, 0.3) is 0 Å². The van der Waals surface area contributed by atoms with Crippen LogP contribution in [0.15, 0.2) is 4.99 Å². The first-order chi connectivity index (χ1) is 15.7. The van der Waals surface area contributed by atoms with E-state index in [1.54, 1.807) is 0 Å². The highest BCUT2D eigenvalue weighted by atomic mass is 15.3. The Hall–Kier alpha value is -0.810. The lowest BCUT2D eigenvalue weighted by Gasteiger charge is -2.33. The molecule has 0 bridgehead atoms. The van der Waals surface area contributed by atoms with Crippen LogP contribution in [0.2, 0.25) is 0 Å². The zero-order valence-electron chi connectivity index (χ0n) is 21.8. The predicted octanol–water partition coefficient (Wildman–Crippen LogP) is 5.41. The average Bonchev–Trinajstić information content (AvgIpc) is 2.80. The van der Waals surface area contributed by atoms with E-state index in [0.717, 1.165) is 26.2 Å². The molecule has 0 aromatic rings. The summed E-state index contributed by atoms with van der Waals surface area (Å²) in [6.07, 6.45) is 21.2. The summed E-state index contributed by atoms with van der Waals surface area (Å²) in [5.74, 6) is 1.24. The molecule has 5 heteroatoms. The third kappa shape index (κ3) is 12.4. The van der Waals surface area contributed by atoms with Gasteiger partial charge in [-0.1, -0.05) is 64.7 Å². The topological polar surface area (TPSA) is 42.9 Å². The number of unbranched alkanes of at least 4 members (excludes halogenated alkanes) is 3. The van der Waals surface area contributed by atoms with Crippen molar-refractivity contribution in [2.24, 2.45) is 4.99 Å². The normalized spacial score (nSPS) is 18.9. The van der Waals surface area contributed by atoms with Gasteiger partial charge < -0.3 is 20.4 Å². The zero-order chi connectivity index (χ0) is 22.9. The van der Waals surface area contributed by atoms with Gasteiger partial charge in [-0.05, 0) is 78.7 Å². The molecule has 0 amide bonds. The van der Waals surface area contributed by atoms with Gasteiger partial charge in [0, 0.05) is 19.1 Å². The minimum absolute atomic E-state index is 0.539. The summed E-state index contributed by atoms with van der Waals surface area (Å²) in [5, 5.41) is 7.63. The van der Waals surface area contributed by atoms with Crippen molar-refractivity contribution < 1.29 is 0 Å². The first-order valence-corrected chi connectivity index (χ1v) is 14.1. The highest BCUT2D eigenvalue weighted by molar-refractivity contribution is 5.80. The summed E-state index contributed by atoms with van der Waals surface area (Å²) in [4.78, 5) is 10.3. The van der Waals surface area contributed by atoms with Crippen LogP contribution in [0.4, 0.5) is 0 Å². The van der Waals surface area contributed by atoms with Crippen LogP contribution in [0.5, 0.6) is 0 Å². The minimum atomic E-state index is 0.539. The second-order valence-electron chi connectivity index (χ2n) is 10.5. The SMILES string of the molecule is CCCCCCN(CCCNCCCN(C)C)C(=NC1CCCCC1)NC1CCCCC1. The molecular formula is C27H55N5. The van der Waals surface area contributed by atoms with Crippen LogP contribution in [-0.4, -0.2) is 74.7 Å². The number of nitrogens with zero attached hydrogens (tertiary/aromatic N) is 3. The second kappa shape index (κ2) is 17.6. The highest BCUT2D eigenvalue weighted by Gasteiger charge is 2.21. The van der Waals surface area contributed by atoms with Gasteiger partial charge in [0.2, 0.25) is 0 Å². The van der Waals surface area contributed by atoms with Gasteiger partial charge in [0.05, 0.1) is 6.04 Å². The summed E-state index contributed by atoms with van der Waals surface area (Å²) in [5.41, 5.74) is 0. The van der Waals surface area contributed by atoms with Gasteiger partial charge in [-0.3, -0.25) is 0 Å². The molecule has 0 atom stereocenters. The van der Waals surface area contributed by atoms with Gasteiger partial charge in [0.15, 0.2) is 5.96 Å². The molecule has 0 aromatic heterocycles. The van der Waals surface area contributed by atoms with Gasteiger partial charge >= 0.3 is 0 Å². The van der Waals surface area contributed by atoms with Crippen molar-refractivity contribution in [3.05, 3.63) is 0 Å². The van der Waals surface area contributed by atoms with Crippen LogP contribution in [0.3, 0.4) is 0 Å². The van der Waals surface area contributed by atoms with Crippen molar-refractivity contribution in [3.8, 4) is 0 Å². The molecule has 0 heterocycles. The molecule has 0 radical (unpaired) electrons. The smallest absolute Gasteiger partial charge is 0.194 e. The van der Waals surface area contributed by atoms with Crippen LogP contribution in [0.25, 0.3) is 0 Å². The van der Waals surface area contributed by atoms with E-state index in [9.17, 15) is 0 Å². The summed E-state index contributed by atoms with van der Waals surface area (Å²) < 4.78 is 0. The highest BCUT2D eigenvalue weighted by Crippen LogP contribution is 2.22. The Morgan fingerprint density at radius 1 is 0.750 bits per heavy atom. The monoisotopic (exact) mass is 449 g/mol. The van der Waals surface area contributed by atoms with E-state index in [1.165, 1.54) is 115 Å². The van der Waals surface area contributed by atoms with E-state index in [4.69, 9.17) is 4.99 Å². The molecule has 2 N–H and O–H groups in total. The van der Waals surface area contributed by atoms with Crippen molar-refractivity contribution >= 4 is 5.96 Å². The molecule has 2 aliphatic rings. The summed E-state index contributed by atoms with van der Waals surface area (Å²) in [7, 11) is 4.31. The maximum Gasteiger partial charge on any atom is 0.194 e. The minimum Gasteiger partial charge on any atom is -0.353 e. The Balaban J connectivity index is 1.93. The molecular weight excluding hydrogens is 394 g/mol. The number of rotatable bonds is 15. The predicted molar refractivity (Wildman–Crippen MR) is 141 cm³/mol. The molecule has 32 heavy (non-hydrogen) atoms. The van der Waals surface area contributed by atoms with Gasteiger partial charge in [-0.2, -0.15) is 0 Å². The van der Waals surface area contributed by atoms with E-state index in [0.29, 0.717) is 12.1 Å². The molecule has 2 rings (SSSR count).